The topological polar surface area (TPSA) is 18.5 Å². The van der Waals surface area contributed by atoms with Crippen molar-refractivity contribution in [3.05, 3.63) is 94.0 Å². The summed E-state index contributed by atoms with van der Waals surface area (Å²) in [6.07, 6.45) is 6.24. The van der Waals surface area contributed by atoms with Crippen LogP contribution in [-0.4, -0.2) is 14.2 Å². The summed E-state index contributed by atoms with van der Waals surface area (Å²) >= 11 is 0. The Bertz CT molecular complexity index is 1120. The molecule has 0 atom stereocenters. The van der Waals surface area contributed by atoms with Crippen LogP contribution in [0.2, 0.25) is 0 Å². The molecule has 0 amide bonds. The first kappa shape index (κ1) is 25.6. The predicted molar refractivity (Wildman–Crippen MR) is 146 cm³/mol. The monoisotopic (exact) mass is 456 g/mol. The Hall–Kier alpha value is -3.00. The van der Waals surface area contributed by atoms with Gasteiger partial charge in [0.25, 0.3) is 0 Å². The molecule has 2 nitrogen and oxygen atoms in total. The van der Waals surface area contributed by atoms with Gasteiger partial charge in [-0.3, -0.25) is 0 Å². The molecule has 3 rings (SSSR count). The molecule has 0 N–H and O–H groups in total. The van der Waals surface area contributed by atoms with Gasteiger partial charge in [0, 0.05) is 5.56 Å². The standard InChI is InChI=1S/C32H40O2/c1-31(2,3)27-17-19-29(33-7)25(21-27)15-13-23-9-11-24(12-10-23)14-16-26-22-28(32(4,5)6)18-20-30(26)34-8/h9-13,15,17-22H,14,16H2,1-8H3/b15-13+. The van der Waals surface area contributed by atoms with E-state index in [2.05, 4.69) is 114 Å². The van der Waals surface area contributed by atoms with Gasteiger partial charge in [-0.15, -0.1) is 0 Å². The maximum absolute atomic E-state index is 5.62. The van der Waals surface area contributed by atoms with Gasteiger partial charge in [0.1, 0.15) is 11.5 Å². The van der Waals surface area contributed by atoms with Crippen LogP contribution in [0.5, 0.6) is 11.5 Å². The first-order valence-electron chi connectivity index (χ1n) is 12.1. The van der Waals surface area contributed by atoms with Crippen molar-refractivity contribution in [3.63, 3.8) is 0 Å². The molecule has 34 heavy (non-hydrogen) atoms. The van der Waals surface area contributed by atoms with Crippen LogP contribution in [0.3, 0.4) is 0 Å². The Kier molecular flexibility index (Phi) is 7.92. The van der Waals surface area contributed by atoms with Crippen molar-refractivity contribution in [2.75, 3.05) is 14.2 Å². The lowest BCUT2D eigenvalue weighted by atomic mass is 9.85. The zero-order valence-corrected chi connectivity index (χ0v) is 22.2. The van der Waals surface area contributed by atoms with Crippen LogP contribution in [0.4, 0.5) is 0 Å². The average molecular weight is 457 g/mol. The van der Waals surface area contributed by atoms with Gasteiger partial charge in [-0.05, 0) is 69.7 Å². The highest BCUT2D eigenvalue weighted by atomic mass is 16.5. The number of hydrogen-bond donors (Lipinski definition) is 0. The van der Waals surface area contributed by atoms with Crippen LogP contribution in [0.25, 0.3) is 12.2 Å². The molecule has 0 bridgehead atoms. The third-order valence-corrected chi connectivity index (χ3v) is 6.36. The summed E-state index contributed by atoms with van der Waals surface area (Å²) in [5.74, 6) is 1.87. The fourth-order valence-electron chi connectivity index (χ4n) is 4.03. The molecule has 0 spiro atoms. The van der Waals surface area contributed by atoms with E-state index in [1.54, 1.807) is 14.2 Å². The van der Waals surface area contributed by atoms with Crippen molar-refractivity contribution in [2.24, 2.45) is 0 Å². The minimum atomic E-state index is 0.103. The average Bonchev–Trinajstić information content (AvgIpc) is 2.80. The second-order valence-corrected chi connectivity index (χ2v) is 11.1. The smallest absolute Gasteiger partial charge is 0.126 e. The maximum Gasteiger partial charge on any atom is 0.126 e. The third kappa shape index (κ3) is 6.53. The number of rotatable bonds is 7. The van der Waals surface area contributed by atoms with Crippen LogP contribution >= 0.6 is 0 Å². The second kappa shape index (κ2) is 10.5. The Morgan fingerprint density at radius 3 is 1.74 bits per heavy atom. The van der Waals surface area contributed by atoms with E-state index in [1.807, 2.05) is 0 Å². The van der Waals surface area contributed by atoms with E-state index in [1.165, 1.54) is 27.8 Å². The highest BCUT2D eigenvalue weighted by Crippen LogP contribution is 2.30. The molecule has 0 fully saturated rings. The van der Waals surface area contributed by atoms with Crippen molar-refractivity contribution in [1.29, 1.82) is 0 Å². The quantitative estimate of drug-likeness (QED) is 0.333. The molecule has 0 aliphatic carbocycles. The highest BCUT2D eigenvalue weighted by Gasteiger charge is 2.16. The van der Waals surface area contributed by atoms with Crippen molar-refractivity contribution in [2.45, 2.75) is 65.2 Å². The van der Waals surface area contributed by atoms with Crippen molar-refractivity contribution >= 4 is 12.2 Å². The van der Waals surface area contributed by atoms with E-state index in [-0.39, 0.29) is 10.8 Å². The number of ether oxygens (including phenoxy) is 2. The van der Waals surface area contributed by atoms with Gasteiger partial charge in [-0.25, -0.2) is 0 Å². The summed E-state index contributed by atoms with van der Waals surface area (Å²) in [7, 11) is 3.48. The molecule has 3 aromatic rings. The fourth-order valence-corrected chi connectivity index (χ4v) is 4.03. The summed E-state index contributed by atoms with van der Waals surface area (Å²) in [6.45, 7) is 13.4. The van der Waals surface area contributed by atoms with Crippen LogP contribution < -0.4 is 9.47 Å². The number of hydrogen-bond acceptors (Lipinski definition) is 2. The molecule has 0 saturated heterocycles. The normalized spacial score (nSPS) is 12.2. The second-order valence-electron chi connectivity index (χ2n) is 11.1. The summed E-state index contributed by atoms with van der Waals surface area (Å²) < 4.78 is 11.2. The van der Waals surface area contributed by atoms with E-state index in [0.29, 0.717) is 0 Å². The lowest BCUT2D eigenvalue weighted by molar-refractivity contribution is 0.409. The zero-order chi connectivity index (χ0) is 24.9. The lowest BCUT2D eigenvalue weighted by Crippen LogP contribution is -2.11. The minimum absolute atomic E-state index is 0.103. The molecule has 0 unspecified atom stereocenters. The molecule has 0 saturated carbocycles. The maximum atomic E-state index is 5.62. The third-order valence-electron chi connectivity index (χ3n) is 6.36. The molecule has 0 aliphatic rings. The van der Waals surface area contributed by atoms with Gasteiger partial charge < -0.3 is 9.47 Å². The zero-order valence-electron chi connectivity index (χ0n) is 22.2. The Labute approximate surface area is 206 Å². The van der Waals surface area contributed by atoms with Crippen molar-refractivity contribution < 1.29 is 9.47 Å². The minimum Gasteiger partial charge on any atom is -0.496 e. The molecular formula is C32H40O2. The molecular weight excluding hydrogens is 416 g/mol. The van der Waals surface area contributed by atoms with Gasteiger partial charge in [-0.1, -0.05) is 96.2 Å². The Morgan fingerprint density at radius 1 is 0.618 bits per heavy atom. The van der Waals surface area contributed by atoms with Crippen LogP contribution in [0.1, 0.15) is 74.9 Å². The van der Waals surface area contributed by atoms with Gasteiger partial charge >= 0.3 is 0 Å². The number of methoxy groups -OCH3 is 2. The molecule has 180 valence electrons. The van der Waals surface area contributed by atoms with Crippen LogP contribution in [0, 0.1) is 0 Å². The van der Waals surface area contributed by atoms with E-state index in [4.69, 9.17) is 9.47 Å². The largest absolute Gasteiger partial charge is 0.496 e. The predicted octanol–water partition coefficient (Wildman–Crippen LogP) is 8.25. The first-order chi connectivity index (χ1) is 16.0. The molecule has 3 aromatic carbocycles. The molecule has 0 radical (unpaired) electrons. The Balaban J connectivity index is 1.73. The van der Waals surface area contributed by atoms with Crippen molar-refractivity contribution in [3.8, 4) is 11.5 Å². The summed E-state index contributed by atoms with van der Waals surface area (Å²) in [5.41, 5.74) is 7.75. The summed E-state index contributed by atoms with van der Waals surface area (Å²) in [5, 5.41) is 0. The highest BCUT2D eigenvalue weighted by molar-refractivity contribution is 5.73. The van der Waals surface area contributed by atoms with Crippen LogP contribution in [0.15, 0.2) is 60.7 Å². The van der Waals surface area contributed by atoms with Gasteiger partial charge in [0.15, 0.2) is 0 Å². The molecule has 0 heterocycles. The first-order valence-corrected chi connectivity index (χ1v) is 12.1. The fraction of sp³-hybridized carbons (Fsp3) is 0.375. The van der Waals surface area contributed by atoms with Crippen molar-refractivity contribution in [1.82, 2.24) is 0 Å². The number of aryl methyl sites for hydroxylation is 2. The van der Waals surface area contributed by atoms with E-state index < -0.39 is 0 Å². The summed E-state index contributed by atoms with van der Waals surface area (Å²) in [6, 6.07) is 21.8. The van der Waals surface area contributed by atoms with E-state index in [9.17, 15) is 0 Å². The summed E-state index contributed by atoms with van der Waals surface area (Å²) in [4.78, 5) is 0. The Morgan fingerprint density at radius 2 is 1.18 bits per heavy atom. The molecule has 2 heteroatoms. The van der Waals surface area contributed by atoms with E-state index >= 15 is 0 Å². The van der Waals surface area contributed by atoms with Gasteiger partial charge in [0.05, 0.1) is 14.2 Å². The molecule has 0 aliphatic heterocycles. The van der Waals surface area contributed by atoms with Crippen LogP contribution in [-0.2, 0) is 23.7 Å². The van der Waals surface area contributed by atoms with Gasteiger partial charge in [0.2, 0.25) is 0 Å². The van der Waals surface area contributed by atoms with Gasteiger partial charge in [-0.2, -0.15) is 0 Å². The molecule has 0 aromatic heterocycles. The SMILES string of the molecule is COc1ccc(C(C)(C)C)cc1/C=C/c1ccc(CCc2cc(C(C)(C)C)ccc2OC)cc1. The number of benzene rings is 3. The lowest BCUT2D eigenvalue weighted by Gasteiger charge is -2.21. The van der Waals surface area contributed by atoms with E-state index in [0.717, 1.165) is 29.9 Å².